The first-order valence-electron chi connectivity index (χ1n) is 6.97. The predicted octanol–water partition coefficient (Wildman–Crippen LogP) is 6.26. The molecule has 112 valence electrons. The second-order valence-electron chi connectivity index (χ2n) is 5.06. The Morgan fingerprint density at radius 3 is 2.57 bits per heavy atom. The molecule has 4 heteroatoms. The lowest BCUT2D eigenvalue weighted by Crippen LogP contribution is -2.23. The zero-order valence-electron chi connectivity index (χ0n) is 12.1. The van der Waals surface area contributed by atoms with Gasteiger partial charge in [-0.15, -0.1) is 0 Å². The van der Waals surface area contributed by atoms with E-state index in [9.17, 15) is 0 Å². The summed E-state index contributed by atoms with van der Waals surface area (Å²) in [5, 5.41) is 4.41. The third-order valence-corrected chi connectivity index (χ3v) is 5.02. The van der Waals surface area contributed by atoms with Gasteiger partial charge in [-0.05, 0) is 60.8 Å². The Morgan fingerprint density at radius 2 is 1.90 bits per heavy atom. The molecule has 0 amide bonds. The van der Waals surface area contributed by atoms with Gasteiger partial charge in [0.1, 0.15) is 0 Å². The number of hydrogen-bond acceptors (Lipinski definition) is 1. The molecule has 2 aromatic rings. The molecule has 0 aliphatic heterocycles. The minimum Gasteiger partial charge on any atom is -0.306 e. The number of benzene rings is 2. The van der Waals surface area contributed by atoms with Gasteiger partial charge in [-0.2, -0.15) is 0 Å². The average molecular weight is 432 g/mol. The number of hydrogen-bond donors (Lipinski definition) is 1. The largest absolute Gasteiger partial charge is 0.306 e. The SMILES string of the molecule is CCCNC(c1ccc(C)c(Cl)c1)c1cc(Br)ccc1Br. The summed E-state index contributed by atoms with van der Waals surface area (Å²) in [7, 11) is 0. The zero-order chi connectivity index (χ0) is 15.4. The Labute approximate surface area is 148 Å². The fourth-order valence-corrected chi connectivity index (χ4v) is 3.26. The van der Waals surface area contributed by atoms with Gasteiger partial charge in [-0.25, -0.2) is 0 Å². The van der Waals surface area contributed by atoms with Crippen LogP contribution >= 0.6 is 43.5 Å². The Morgan fingerprint density at radius 1 is 1.14 bits per heavy atom. The molecule has 0 spiro atoms. The first kappa shape index (κ1) is 17.0. The van der Waals surface area contributed by atoms with Gasteiger partial charge in [0.25, 0.3) is 0 Å². The smallest absolute Gasteiger partial charge is 0.0588 e. The van der Waals surface area contributed by atoms with Gasteiger partial charge in [0.05, 0.1) is 6.04 Å². The summed E-state index contributed by atoms with van der Waals surface area (Å²) in [4.78, 5) is 0. The molecule has 1 N–H and O–H groups in total. The van der Waals surface area contributed by atoms with Crippen LogP contribution in [-0.2, 0) is 0 Å². The van der Waals surface area contributed by atoms with Crippen LogP contribution in [0.25, 0.3) is 0 Å². The van der Waals surface area contributed by atoms with Crippen molar-refractivity contribution in [2.24, 2.45) is 0 Å². The van der Waals surface area contributed by atoms with Crippen molar-refractivity contribution in [2.75, 3.05) is 6.54 Å². The fourth-order valence-electron chi connectivity index (χ4n) is 2.22. The molecule has 0 saturated heterocycles. The summed E-state index contributed by atoms with van der Waals surface area (Å²) in [6, 6.07) is 12.6. The van der Waals surface area contributed by atoms with E-state index in [1.807, 2.05) is 13.0 Å². The Bertz CT molecular complexity index is 628. The summed E-state index contributed by atoms with van der Waals surface area (Å²) in [6.07, 6.45) is 1.09. The van der Waals surface area contributed by atoms with Gasteiger partial charge >= 0.3 is 0 Å². The molecule has 1 atom stereocenters. The average Bonchev–Trinajstić information content (AvgIpc) is 2.46. The summed E-state index contributed by atoms with van der Waals surface area (Å²) >= 11 is 13.5. The van der Waals surface area contributed by atoms with Crippen molar-refractivity contribution in [1.29, 1.82) is 0 Å². The van der Waals surface area contributed by atoms with Crippen molar-refractivity contribution in [3.63, 3.8) is 0 Å². The molecule has 0 aliphatic carbocycles. The van der Waals surface area contributed by atoms with E-state index in [4.69, 9.17) is 11.6 Å². The van der Waals surface area contributed by atoms with Gasteiger partial charge < -0.3 is 5.32 Å². The van der Waals surface area contributed by atoms with E-state index in [0.717, 1.165) is 32.5 Å². The van der Waals surface area contributed by atoms with Crippen LogP contribution in [0.3, 0.4) is 0 Å². The molecule has 0 aliphatic rings. The third kappa shape index (κ3) is 4.32. The first-order chi connectivity index (χ1) is 10.0. The van der Waals surface area contributed by atoms with Crippen LogP contribution in [0.15, 0.2) is 45.3 Å². The van der Waals surface area contributed by atoms with Crippen molar-refractivity contribution in [2.45, 2.75) is 26.3 Å². The molecule has 0 heterocycles. The monoisotopic (exact) mass is 429 g/mol. The van der Waals surface area contributed by atoms with Crippen molar-refractivity contribution < 1.29 is 0 Å². The molecule has 2 aromatic carbocycles. The summed E-state index contributed by atoms with van der Waals surface area (Å²) in [5.41, 5.74) is 3.48. The fraction of sp³-hybridized carbons (Fsp3) is 0.294. The first-order valence-corrected chi connectivity index (χ1v) is 8.93. The maximum atomic E-state index is 6.30. The quantitative estimate of drug-likeness (QED) is 0.589. The molecule has 0 fully saturated rings. The second kappa shape index (κ2) is 7.77. The normalized spacial score (nSPS) is 12.4. The van der Waals surface area contributed by atoms with Crippen LogP contribution < -0.4 is 5.32 Å². The lowest BCUT2D eigenvalue weighted by atomic mass is 9.97. The second-order valence-corrected chi connectivity index (χ2v) is 7.24. The number of halogens is 3. The summed E-state index contributed by atoms with van der Waals surface area (Å²) in [5.74, 6) is 0. The minimum absolute atomic E-state index is 0.120. The Kier molecular flexibility index (Phi) is 6.30. The van der Waals surface area contributed by atoms with Crippen molar-refractivity contribution in [3.05, 3.63) is 67.1 Å². The topological polar surface area (TPSA) is 12.0 Å². The van der Waals surface area contributed by atoms with E-state index in [-0.39, 0.29) is 6.04 Å². The minimum atomic E-state index is 0.120. The molecule has 1 unspecified atom stereocenters. The van der Waals surface area contributed by atoms with E-state index in [1.165, 1.54) is 11.1 Å². The van der Waals surface area contributed by atoms with Crippen molar-refractivity contribution in [1.82, 2.24) is 5.32 Å². The number of rotatable bonds is 5. The van der Waals surface area contributed by atoms with Gasteiger partial charge in [-0.3, -0.25) is 0 Å². The molecule has 0 bridgehead atoms. The van der Waals surface area contributed by atoms with Crippen LogP contribution in [0.5, 0.6) is 0 Å². The van der Waals surface area contributed by atoms with Crippen LogP contribution in [0.1, 0.15) is 36.1 Å². The molecule has 1 nitrogen and oxygen atoms in total. The molecular weight excluding hydrogens is 413 g/mol. The Hall–Kier alpha value is -0.350. The van der Waals surface area contributed by atoms with Crippen molar-refractivity contribution in [3.8, 4) is 0 Å². The van der Waals surface area contributed by atoms with Crippen molar-refractivity contribution >= 4 is 43.5 Å². The van der Waals surface area contributed by atoms with Crippen LogP contribution in [0.2, 0.25) is 5.02 Å². The zero-order valence-corrected chi connectivity index (χ0v) is 16.0. The van der Waals surface area contributed by atoms with Crippen LogP contribution in [0, 0.1) is 6.92 Å². The highest BCUT2D eigenvalue weighted by Crippen LogP contribution is 2.32. The molecule has 2 rings (SSSR count). The van der Waals surface area contributed by atoms with E-state index < -0.39 is 0 Å². The van der Waals surface area contributed by atoms with E-state index in [1.54, 1.807) is 0 Å². The van der Waals surface area contributed by atoms with Gasteiger partial charge in [-0.1, -0.05) is 62.5 Å². The van der Waals surface area contributed by atoms with Gasteiger partial charge in [0, 0.05) is 14.0 Å². The standard InChI is InChI=1S/C17H18Br2ClN/c1-3-8-21-17(12-5-4-11(2)16(20)9-12)14-10-13(18)6-7-15(14)19/h4-7,9-10,17,21H,3,8H2,1-2H3. The molecule has 0 saturated carbocycles. The molecule has 21 heavy (non-hydrogen) atoms. The highest BCUT2D eigenvalue weighted by molar-refractivity contribution is 9.11. The van der Waals surface area contributed by atoms with Crippen LogP contribution in [-0.4, -0.2) is 6.54 Å². The van der Waals surface area contributed by atoms with E-state index in [0.29, 0.717) is 0 Å². The van der Waals surface area contributed by atoms with E-state index >= 15 is 0 Å². The molecule has 0 aromatic heterocycles. The number of aryl methyl sites for hydroxylation is 1. The highest BCUT2D eigenvalue weighted by atomic mass is 79.9. The number of nitrogens with one attached hydrogen (secondary N) is 1. The Balaban J connectivity index is 2.46. The lowest BCUT2D eigenvalue weighted by molar-refractivity contribution is 0.596. The highest BCUT2D eigenvalue weighted by Gasteiger charge is 2.17. The maximum absolute atomic E-state index is 6.30. The molecular formula is C17H18Br2ClN. The van der Waals surface area contributed by atoms with Crippen LogP contribution in [0.4, 0.5) is 0 Å². The van der Waals surface area contributed by atoms with E-state index in [2.05, 4.69) is 74.4 Å². The van der Waals surface area contributed by atoms with Gasteiger partial charge in [0.2, 0.25) is 0 Å². The summed E-state index contributed by atoms with van der Waals surface area (Å²) in [6.45, 7) is 5.15. The maximum Gasteiger partial charge on any atom is 0.0588 e. The predicted molar refractivity (Wildman–Crippen MR) is 98.2 cm³/mol. The molecule has 0 radical (unpaired) electrons. The lowest BCUT2D eigenvalue weighted by Gasteiger charge is -2.22. The van der Waals surface area contributed by atoms with Gasteiger partial charge in [0.15, 0.2) is 0 Å². The third-order valence-electron chi connectivity index (χ3n) is 3.40. The summed E-state index contributed by atoms with van der Waals surface area (Å²) < 4.78 is 2.17.